The second kappa shape index (κ2) is 7.58. The summed E-state index contributed by atoms with van der Waals surface area (Å²) < 4.78 is 0. The number of rotatable bonds is 4. The van der Waals surface area contributed by atoms with E-state index in [1.807, 2.05) is 61.5 Å². The molecule has 1 aliphatic rings. The molecule has 3 aromatic rings. The minimum Gasteiger partial charge on any atom is -0.357 e. The number of benzene rings is 2. The average Bonchev–Trinajstić information content (AvgIpc) is 3.25. The van der Waals surface area contributed by atoms with Gasteiger partial charge in [0, 0.05) is 36.0 Å². The summed E-state index contributed by atoms with van der Waals surface area (Å²) in [5.74, 6) is 0.851. The van der Waals surface area contributed by atoms with E-state index in [4.69, 9.17) is 0 Å². The molecule has 5 nitrogen and oxygen atoms in total. The van der Waals surface area contributed by atoms with Crippen LogP contribution in [-0.2, 0) is 0 Å². The van der Waals surface area contributed by atoms with E-state index in [0.29, 0.717) is 5.56 Å². The highest BCUT2D eigenvalue weighted by molar-refractivity contribution is 6.04. The van der Waals surface area contributed by atoms with Gasteiger partial charge in [0.25, 0.3) is 5.91 Å². The fourth-order valence-corrected chi connectivity index (χ4v) is 3.26. The van der Waals surface area contributed by atoms with Gasteiger partial charge in [-0.05, 0) is 44.0 Å². The zero-order chi connectivity index (χ0) is 18.6. The number of nitrogens with one attached hydrogen (secondary N) is 1. The molecule has 27 heavy (non-hydrogen) atoms. The van der Waals surface area contributed by atoms with E-state index >= 15 is 0 Å². The highest BCUT2D eigenvalue weighted by Crippen LogP contribution is 2.23. The zero-order valence-corrected chi connectivity index (χ0v) is 15.4. The number of amides is 1. The molecular weight excluding hydrogens is 336 g/mol. The Morgan fingerprint density at radius 3 is 2.37 bits per heavy atom. The quantitative estimate of drug-likeness (QED) is 0.755. The molecule has 5 heteroatoms. The van der Waals surface area contributed by atoms with Crippen molar-refractivity contribution in [1.29, 1.82) is 0 Å². The maximum Gasteiger partial charge on any atom is 0.255 e. The Morgan fingerprint density at radius 2 is 1.67 bits per heavy atom. The van der Waals surface area contributed by atoms with Crippen LogP contribution in [0.5, 0.6) is 0 Å². The molecule has 1 saturated heterocycles. The molecule has 2 heterocycles. The lowest BCUT2D eigenvalue weighted by atomic mass is 10.1. The summed E-state index contributed by atoms with van der Waals surface area (Å²) in [7, 11) is 0. The van der Waals surface area contributed by atoms with Gasteiger partial charge >= 0.3 is 0 Å². The number of hydrogen-bond acceptors (Lipinski definition) is 4. The van der Waals surface area contributed by atoms with Crippen molar-refractivity contribution in [2.45, 2.75) is 19.8 Å². The van der Waals surface area contributed by atoms with E-state index in [1.54, 1.807) is 6.33 Å². The van der Waals surface area contributed by atoms with Crippen LogP contribution in [0.1, 0.15) is 28.8 Å². The minimum absolute atomic E-state index is 0.120. The van der Waals surface area contributed by atoms with E-state index in [-0.39, 0.29) is 5.91 Å². The topological polar surface area (TPSA) is 58.1 Å². The molecule has 0 spiro atoms. The standard InChI is InChI=1S/C22H22N4O/c1-16-4-10-19(11-5-16)25-22(27)18-8-6-17(7-9-18)20-14-21(24-15-23-20)26-12-2-3-13-26/h4-11,14-15H,2-3,12-13H2,1H3,(H,25,27). The largest absolute Gasteiger partial charge is 0.357 e. The van der Waals surface area contributed by atoms with Crippen LogP contribution in [0.2, 0.25) is 0 Å². The fourth-order valence-electron chi connectivity index (χ4n) is 3.26. The van der Waals surface area contributed by atoms with Crippen molar-refractivity contribution in [1.82, 2.24) is 9.97 Å². The average molecular weight is 358 g/mol. The SMILES string of the molecule is Cc1ccc(NC(=O)c2ccc(-c3cc(N4CCCC4)ncn3)cc2)cc1. The van der Waals surface area contributed by atoms with Crippen molar-refractivity contribution in [3.05, 3.63) is 72.1 Å². The molecule has 1 N–H and O–H groups in total. The molecule has 0 unspecified atom stereocenters. The molecule has 136 valence electrons. The summed E-state index contributed by atoms with van der Waals surface area (Å²) >= 11 is 0. The summed E-state index contributed by atoms with van der Waals surface area (Å²) in [5, 5.41) is 2.92. The number of carbonyl (C=O) groups excluding carboxylic acids is 1. The Bertz CT molecular complexity index is 929. The van der Waals surface area contributed by atoms with Gasteiger partial charge in [-0.3, -0.25) is 4.79 Å². The second-order valence-electron chi connectivity index (χ2n) is 6.85. The maximum absolute atomic E-state index is 12.4. The Kier molecular flexibility index (Phi) is 4.83. The smallest absolute Gasteiger partial charge is 0.255 e. The maximum atomic E-state index is 12.4. The summed E-state index contributed by atoms with van der Waals surface area (Å²) in [5.41, 5.74) is 4.42. The molecule has 0 atom stereocenters. The first kappa shape index (κ1) is 17.2. The van der Waals surface area contributed by atoms with E-state index < -0.39 is 0 Å². The van der Waals surface area contributed by atoms with Crippen molar-refractivity contribution in [2.24, 2.45) is 0 Å². The van der Waals surface area contributed by atoms with Gasteiger partial charge in [0.05, 0.1) is 5.69 Å². The molecule has 0 aliphatic carbocycles. The fraction of sp³-hybridized carbons (Fsp3) is 0.227. The van der Waals surface area contributed by atoms with Crippen molar-refractivity contribution in [3.63, 3.8) is 0 Å². The van der Waals surface area contributed by atoms with Gasteiger partial charge in [0.2, 0.25) is 0 Å². The van der Waals surface area contributed by atoms with Crippen LogP contribution in [0.25, 0.3) is 11.3 Å². The van der Waals surface area contributed by atoms with Crippen molar-refractivity contribution < 1.29 is 4.79 Å². The third-order valence-corrected chi connectivity index (χ3v) is 4.83. The molecule has 1 aliphatic heterocycles. The number of nitrogens with zero attached hydrogens (tertiary/aromatic N) is 3. The lowest BCUT2D eigenvalue weighted by molar-refractivity contribution is 0.102. The highest BCUT2D eigenvalue weighted by Gasteiger charge is 2.14. The van der Waals surface area contributed by atoms with Crippen molar-refractivity contribution in [2.75, 3.05) is 23.3 Å². The summed E-state index contributed by atoms with van der Waals surface area (Å²) in [6, 6.07) is 17.3. The van der Waals surface area contributed by atoms with Crippen LogP contribution >= 0.6 is 0 Å². The van der Waals surface area contributed by atoms with E-state index in [2.05, 4.69) is 20.2 Å². The molecule has 0 bridgehead atoms. The molecule has 1 aromatic heterocycles. The van der Waals surface area contributed by atoms with Gasteiger partial charge in [-0.25, -0.2) is 9.97 Å². The minimum atomic E-state index is -0.120. The summed E-state index contributed by atoms with van der Waals surface area (Å²) in [6.07, 6.45) is 4.04. The Hall–Kier alpha value is -3.21. The number of aromatic nitrogens is 2. The highest BCUT2D eigenvalue weighted by atomic mass is 16.1. The molecule has 1 fully saturated rings. The van der Waals surface area contributed by atoms with Crippen LogP contribution < -0.4 is 10.2 Å². The number of anilines is 2. The molecular formula is C22H22N4O. The first-order chi connectivity index (χ1) is 13.2. The van der Waals surface area contributed by atoms with E-state index in [0.717, 1.165) is 41.4 Å². The van der Waals surface area contributed by atoms with E-state index in [1.165, 1.54) is 12.8 Å². The van der Waals surface area contributed by atoms with Gasteiger partial charge in [-0.1, -0.05) is 29.8 Å². The van der Waals surface area contributed by atoms with Gasteiger partial charge in [-0.2, -0.15) is 0 Å². The van der Waals surface area contributed by atoms with Crippen LogP contribution in [0, 0.1) is 6.92 Å². The van der Waals surface area contributed by atoms with Crippen LogP contribution in [0.15, 0.2) is 60.9 Å². The molecule has 0 saturated carbocycles. The number of aryl methyl sites for hydroxylation is 1. The first-order valence-electron chi connectivity index (χ1n) is 9.24. The second-order valence-corrected chi connectivity index (χ2v) is 6.85. The normalized spacial score (nSPS) is 13.6. The number of carbonyl (C=O) groups is 1. The Balaban J connectivity index is 1.49. The molecule has 2 aromatic carbocycles. The Morgan fingerprint density at radius 1 is 0.963 bits per heavy atom. The third-order valence-electron chi connectivity index (χ3n) is 4.83. The lowest BCUT2D eigenvalue weighted by Crippen LogP contribution is -2.19. The predicted molar refractivity (Wildman–Crippen MR) is 108 cm³/mol. The third kappa shape index (κ3) is 3.97. The van der Waals surface area contributed by atoms with Crippen LogP contribution in [-0.4, -0.2) is 29.0 Å². The molecule has 4 rings (SSSR count). The van der Waals surface area contributed by atoms with Crippen LogP contribution in [0.4, 0.5) is 11.5 Å². The zero-order valence-electron chi connectivity index (χ0n) is 15.4. The van der Waals surface area contributed by atoms with Gasteiger partial charge in [0.15, 0.2) is 0 Å². The van der Waals surface area contributed by atoms with Crippen LogP contribution in [0.3, 0.4) is 0 Å². The lowest BCUT2D eigenvalue weighted by Gasteiger charge is -2.16. The van der Waals surface area contributed by atoms with Gasteiger partial charge in [-0.15, -0.1) is 0 Å². The van der Waals surface area contributed by atoms with Crippen molar-refractivity contribution >= 4 is 17.4 Å². The van der Waals surface area contributed by atoms with Gasteiger partial charge < -0.3 is 10.2 Å². The monoisotopic (exact) mass is 358 g/mol. The number of hydrogen-bond donors (Lipinski definition) is 1. The molecule has 0 radical (unpaired) electrons. The predicted octanol–water partition coefficient (Wildman–Crippen LogP) is 4.30. The first-order valence-corrected chi connectivity index (χ1v) is 9.24. The van der Waals surface area contributed by atoms with E-state index in [9.17, 15) is 4.79 Å². The van der Waals surface area contributed by atoms with Crippen molar-refractivity contribution in [3.8, 4) is 11.3 Å². The molecule has 1 amide bonds. The Labute approximate surface area is 159 Å². The summed E-state index contributed by atoms with van der Waals surface area (Å²) in [4.78, 5) is 23.5. The van der Waals surface area contributed by atoms with Gasteiger partial charge in [0.1, 0.15) is 12.1 Å². The summed E-state index contributed by atoms with van der Waals surface area (Å²) in [6.45, 7) is 4.12.